The highest BCUT2D eigenvalue weighted by Crippen LogP contribution is 2.22. The molecule has 0 saturated carbocycles. The zero-order chi connectivity index (χ0) is 14.7. The maximum absolute atomic E-state index is 13.4. The molecule has 0 aliphatic carbocycles. The number of halogens is 2. The van der Waals surface area contributed by atoms with Gasteiger partial charge in [-0.25, -0.2) is 4.39 Å². The summed E-state index contributed by atoms with van der Waals surface area (Å²) in [5.74, 6) is -0.503. The number of nitrogens with one attached hydrogen (secondary N) is 1. The van der Waals surface area contributed by atoms with Crippen LogP contribution in [0.5, 0.6) is 0 Å². The number of aliphatic hydroxyl groups is 1. The molecule has 5 heteroatoms. The molecule has 3 unspecified atom stereocenters. The Kier molecular flexibility index (Phi) is 5.38. The SMILES string of the molecule is CC1CC(NCC(O)c2ccc(Cl)c(F)c2)CC(C)O1. The lowest BCUT2D eigenvalue weighted by Crippen LogP contribution is -2.42. The molecule has 2 N–H and O–H groups in total. The maximum atomic E-state index is 13.4. The van der Waals surface area contributed by atoms with Crippen LogP contribution in [0.25, 0.3) is 0 Å². The van der Waals surface area contributed by atoms with Crippen molar-refractivity contribution in [2.75, 3.05) is 6.54 Å². The third kappa shape index (κ3) is 4.16. The minimum atomic E-state index is -0.741. The van der Waals surface area contributed by atoms with Crippen LogP contribution in [0.1, 0.15) is 38.4 Å². The molecule has 1 aliphatic rings. The maximum Gasteiger partial charge on any atom is 0.142 e. The number of aliphatic hydroxyl groups excluding tert-OH is 1. The molecule has 1 saturated heterocycles. The summed E-state index contributed by atoms with van der Waals surface area (Å²) in [4.78, 5) is 0. The van der Waals surface area contributed by atoms with Crippen LogP contribution in [-0.2, 0) is 4.74 Å². The molecule has 1 fully saturated rings. The Morgan fingerprint density at radius 1 is 1.40 bits per heavy atom. The molecular formula is C15H21ClFNO2. The largest absolute Gasteiger partial charge is 0.387 e. The summed E-state index contributed by atoms with van der Waals surface area (Å²) in [6.45, 7) is 4.50. The first-order chi connectivity index (χ1) is 9.45. The summed E-state index contributed by atoms with van der Waals surface area (Å²) in [6, 6.07) is 4.71. The Bertz CT molecular complexity index is 447. The molecule has 0 aromatic heterocycles. The van der Waals surface area contributed by atoms with Gasteiger partial charge in [-0.3, -0.25) is 0 Å². The summed E-state index contributed by atoms with van der Waals surface area (Å²) < 4.78 is 19.0. The smallest absolute Gasteiger partial charge is 0.142 e. The Morgan fingerprint density at radius 3 is 2.65 bits per heavy atom. The van der Waals surface area contributed by atoms with Gasteiger partial charge in [-0.1, -0.05) is 17.7 Å². The first-order valence-corrected chi connectivity index (χ1v) is 7.35. The lowest BCUT2D eigenvalue weighted by atomic mass is 9.99. The van der Waals surface area contributed by atoms with Crippen LogP contribution in [0.4, 0.5) is 4.39 Å². The molecule has 0 radical (unpaired) electrons. The Hall–Kier alpha value is -0.680. The molecule has 2 rings (SSSR count). The fraction of sp³-hybridized carbons (Fsp3) is 0.600. The molecule has 1 aliphatic heterocycles. The normalized spacial score (nSPS) is 28.4. The van der Waals surface area contributed by atoms with Crippen LogP contribution in [0, 0.1) is 5.82 Å². The van der Waals surface area contributed by atoms with E-state index in [1.54, 1.807) is 6.07 Å². The van der Waals surface area contributed by atoms with E-state index in [-0.39, 0.29) is 17.2 Å². The van der Waals surface area contributed by atoms with E-state index >= 15 is 0 Å². The van der Waals surface area contributed by atoms with Crippen LogP contribution in [0.15, 0.2) is 18.2 Å². The molecule has 3 nitrogen and oxygen atoms in total. The lowest BCUT2D eigenvalue weighted by molar-refractivity contribution is -0.0433. The van der Waals surface area contributed by atoms with E-state index in [4.69, 9.17) is 16.3 Å². The van der Waals surface area contributed by atoms with Crippen molar-refractivity contribution in [2.24, 2.45) is 0 Å². The Morgan fingerprint density at radius 2 is 2.05 bits per heavy atom. The number of hydrogen-bond acceptors (Lipinski definition) is 3. The van der Waals surface area contributed by atoms with Crippen LogP contribution in [0.3, 0.4) is 0 Å². The summed E-state index contributed by atoms with van der Waals surface area (Å²) in [6.07, 6.45) is 1.55. The molecule has 0 spiro atoms. The number of ether oxygens (including phenoxy) is 1. The van der Waals surface area contributed by atoms with Crippen LogP contribution in [-0.4, -0.2) is 29.9 Å². The highest BCUT2D eigenvalue weighted by atomic mass is 35.5. The first kappa shape index (κ1) is 15.7. The molecule has 0 amide bonds. The van der Waals surface area contributed by atoms with E-state index in [0.717, 1.165) is 12.8 Å². The van der Waals surface area contributed by atoms with Crippen LogP contribution in [0.2, 0.25) is 5.02 Å². The monoisotopic (exact) mass is 301 g/mol. The predicted molar refractivity (Wildman–Crippen MR) is 77.4 cm³/mol. The lowest BCUT2D eigenvalue weighted by Gasteiger charge is -2.33. The molecule has 1 heterocycles. The Labute approximate surface area is 124 Å². The van der Waals surface area contributed by atoms with Crippen molar-refractivity contribution in [1.29, 1.82) is 0 Å². The van der Waals surface area contributed by atoms with Gasteiger partial charge in [0.05, 0.1) is 23.3 Å². The van der Waals surface area contributed by atoms with Gasteiger partial charge in [0, 0.05) is 12.6 Å². The standard InChI is InChI=1S/C15H21ClFNO2/c1-9-5-12(6-10(2)20-9)18-8-15(19)11-3-4-13(16)14(17)7-11/h3-4,7,9-10,12,15,18-19H,5-6,8H2,1-2H3. The van der Waals surface area contributed by atoms with Gasteiger partial charge in [-0.2, -0.15) is 0 Å². The summed E-state index contributed by atoms with van der Waals surface area (Å²) in [7, 11) is 0. The highest BCUT2D eigenvalue weighted by molar-refractivity contribution is 6.30. The zero-order valence-electron chi connectivity index (χ0n) is 11.8. The van der Waals surface area contributed by atoms with Crippen LogP contribution >= 0.6 is 11.6 Å². The van der Waals surface area contributed by atoms with E-state index in [1.165, 1.54) is 12.1 Å². The molecule has 112 valence electrons. The Balaban J connectivity index is 1.88. The van der Waals surface area contributed by atoms with Gasteiger partial charge >= 0.3 is 0 Å². The molecule has 1 aromatic rings. The second-order valence-electron chi connectivity index (χ2n) is 5.52. The van der Waals surface area contributed by atoms with Gasteiger partial charge in [0.1, 0.15) is 5.82 Å². The number of rotatable bonds is 4. The van der Waals surface area contributed by atoms with E-state index < -0.39 is 11.9 Å². The third-order valence-corrected chi connectivity index (χ3v) is 3.93. The van der Waals surface area contributed by atoms with Gasteiger partial charge in [-0.15, -0.1) is 0 Å². The quantitative estimate of drug-likeness (QED) is 0.898. The van der Waals surface area contributed by atoms with Gasteiger partial charge in [-0.05, 0) is 44.4 Å². The molecule has 1 aromatic carbocycles. The summed E-state index contributed by atoms with van der Waals surface area (Å²) in [5, 5.41) is 13.5. The van der Waals surface area contributed by atoms with Crippen molar-refractivity contribution < 1.29 is 14.2 Å². The van der Waals surface area contributed by atoms with Crippen molar-refractivity contribution >= 4 is 11.6 Å². The van der Waals surface area contributed by atoms with Gasteiger partial charge in [0.15, 0.2) is 0 Å². The molecular weight excluding hydrogens is 281 g/mol. The van der Waals surface area contributed by atoms with Crippen molar-refractivity contribution in [2.45, 2.75) is 51.0 Å². The van der Waals surface area contributed by atoms with Gasteiger partial charge < -0.3 is 15.2 Å². The van der Waals surface area contributed by atoms with E-state index in [9.17, 15) is 9.50 Å². The third-order valence-electron chi connectivity index (χ3n) is 3.63. The molecule has 3 atom stereocenters. The van der Waals surface area contributed by atoms with Gasteiger partial charge in [0.25, 0.3) is 0 Å². The first-order valence-electron chi connectivity index (χ1n) is 6.97. The van der Waals surface area contributed by atoms with Crippen molar-refractivity contribution in [3.05, 3.63) is 34.6 Å². The second kappa shape index (κ2) is 6.85. The highest BCUT2D eigenvalue weighted by Gasteiger charge is 2.24. The predicted octanol–water partition coefficient (Wildman–Crippen LogP) is 3.06. The zero-order valence-corrected chi connectivity index (χ0v) is 12.5. The van der Waals surface area contributed by atoms with E-state index in [2.05, 4.69) is 19.2 Å². The minimum Gasteiger partial charge on any atom is -0.387 e. The number of hydrogen-bond donors (Lipinski definition) is 2. The summed E-state index contributed by atoms with van der Waals surface area (Å²) >= 11 is 5.63. The van der Waals surface area contributed by atoms with Crippen molar-refractivity contribution in [3.63, 3.8) is 0 Å². The topological polar surface area (TPSA) is 41.5 Å². The minimum absolute atomic E-state index is 0.0704. The second-order valence-corrected chi connectivity index (χ2v) is 5.93. The molecule has 0 bridgehead atoms. The fourth-order valence-electron chi connectivity index (χ4n) is 2.69. The average Bonchev–Trinajstić information content (AvgIpc) is 2.38. The summed E-state index contributed by atoms with van der Waals surface area (Å²) in [5.41, 5.74) is 0.535. The van der Waals surface area contributed by atoms with Crippen molar-refractivity contribution in [3.8, 4) is 0 Å². The molecule has 20 heavy (non-hydrogen) atoms. The number of benzene rings is 1. The van der Waals surface area contributed by atoms with Gasteiger partial charge in [0.2, 0.25) is 0 Å². The van der Waals surface area contributed by atoms with E-state index in [0.29, 0.717) is 18.2 Å². The van der Waals surface area contributed by atoms with Crippen molar-refractivity contribution in [1.82, 2.24) is 5.32 Å². The van der Waals surface area contributed by atoms with Crippen LogP contribution < -0.4 is 5.32 Å². The van der Waals surface area contributed by atoms with E-state index in [1.807, 2.05) is 0 Å². The fourth-order valence-corrected chi connectivity index (χ4v) is 2.81. The average molecular weight is 302 g/mol.